The Kier molecular flexibility index (Phi) is 3.90. The first-order valence-electron chi connectivity index (χ1n) is 9.85. The summed E-state index contributed by atoms with van der Waals surface area (Å²) in [5.74, 6) is -0.665. The topological polar surface area (TPSA) is 38.9 Å². The highest BCUT2D eigenvalue weighted by Gasteiger charge is 2.22. The molecule has 4 aromatic rings. The maximum absolute atomic E-state index is 8.66. The summed E-state index contributed by atoms with van der Waals surface area (Å²) in [4.78, 5) is 9.28. The summed E-state index contributed by atoms with van der Waals surface area (Å²) in [6, 6.07) is 12.3. The summed E-state index contributed by atoms with van der Waals surface area (Å²) in [7, 11) is -1.59. The van der Waals surface area contributed by atoms with E-state index in [9.17, 15) is 0 Å². The molecular formula is C23H26N2OSi. The second-order valence-electron chi connectivity index (χ2n) is 8.48. The maximum Gasteiger partial charge on any atom is 0.227 e. The third kappa shape index (κ3) is 3.19. The molecule has 4 rings (SSSR count). The van der Waals surface area contributed by atoms with Crippen LogP contribution >= 0.6 is 0 Å². The third-order valence-electron chi connectivity index (χ3n) is 5.02. The average Bonchev–Trinajstić information content (AvgIpc) is 2.96. The Morgan fingerprint density at radius 2 is 1.81 bits per heavy atom. The van der Waals surface area contributed by atoms with Crippen LogP contribution in [-0.4, -0.2) is 18.0 Å². The summed E-state index contributed by atoms with van der Waals surface area (Å²) in [6.45, 7) is 12.8. The quantitative estimate of drug-likeness (QED) is 0.411. The van der Waals surface area contributed by atoms with Crippen LogP contribution in [0.25, 0.3) is 33.3 Å². The van der Waals surface area contributed by atoms with Gasteiger partial charge in [0.1, 0.15) is 5.58 Å². The van der Waals surface area contributed by atoms with Crippen molar-refractivity contribution in [1.82, 2.24) is 9.97 Å². The van der Waals surface area contributed by atoms with Crippen molar-refractivity contribution in [2.24, 2.45) is 0 Å². The zero-order valence-corrected chi connectivity index (χ0v) is 17.8. The SMILES string of the molecule is [2H]C(C)(C)c1cc(-c2ccc3oc4nc(C)ccc4c3c2)ncc1[Si](C)(C)C. The van der Waals surface area contributed by atoms with E-state index < -0.39 is 14.0 Å². The summed E-state index contributed by atoms with van der Waals surface area (Å²) >= 11 is 0. The number of pyridine rings is 2. The molecule has 0 aliphatic carbocycles. The van der Waals surface area contributed by atoms with E-state index in [0.29, 0.717) is 5.71 Å². The standard InChI is InChI=1S/C23H26N2OSi/c1-14(2)18-12-20(24-13-22(18)27(4,5)6)16-8-10-21-19(11-16)17-9-7-15(3)25-23(17)26-21/h7-14H,1-6H3/i14D. The van der Waals surface area contributed by atoms with Crippen LogP contribution in [0.3, 0.4) is 0 Å². The van der Waals surface area contributed by atoms with E-state index in [-0.39, 0.29) is 0 Å². The predicted octanol–water partition coefficient (Wildman–Crippen LogP) is 6.02. The van der Waals surface area contributed by atoms with Gasteiger partial charge in [-0.1, -0.05) is 33.5 Å². The minimum Gasteiger partial charge on any atom is -0.438 e. The van der Waals surface area contributed by atoms with Crippen molar-refractivity contribution >= 4 is 35.3 Å². The highest BCUT2D eigenvalue weighted by atomic mass is 28.3. The summed E-state index contributed by atoms with van der Waals surface area (Å²) in [5.41, 5.74) is 5.44. The van der Waals surface area contributed by atoms with E-state index >= 15 is 0 Å². The molecule has 0 saturated heterocycles. The van der Waals surface area contributed by atoms with Gasteiger partial charge in [-0.25, -0.2) is 4.98 Å². The van der Waals surface area contributed by atoms with Crippen molar-refractivity contribution in [2.45, 2.75) is 46.3 Å². The molecule has 138 valence electrons. The largest absolute Gasteiger partial charge is 0.438 e. The number of fused-ring (bicyclic) bond motifs is 3. The summed E-state index contributed by atoms with van der Waals surface area (Å²) < 4.78 is 14.6. The molecule has 0 unspecified atom stereocenters. The fraction of sp³-hybridized carbons (Fsp3) is 0.304. The van der Waals surface area contributed by atoms with Gasteiger partial charge in [0.05, 0.1) is 13.8 Å². The molecule has 0 spiro atoms. The molecule has 0 fully saturated rings. The lowest BCUT2D eigenvalue weighted by atomic mass is 10.0. The molecule has 0 radical (unpaired) electrons. The fourth-order valence-corrected chi connectivity index (χ4v) is 5.12. The highest BCUT2D eigenvalue weighted by molar-refractivity contribution is 6.89. The zero-order valence-electron chi connectivity index (χ0n) is 17.8. The van der Waals surface area contributed by atoms with Crippen molar-refractivity contribution in [1.29, 1.82) is 0 Å². The number of rotatable bonds is 3. The van der Waals surface area contributed by atoms with E-state index in [1.165, 1.54) is 5.19 Å². The lowest BCUT2D eigenvalue weighted by Gasteiger charge is -2.23. The Bertz CT molecular complexity index is 1200. The first-order chi connectivity index (χ1) is 13.0. The molecular weight excluding hydrogens is 348 g/mol. The van der Waals surface area contributed by atoms with Gasteiger partial charge in [-0.15, -0.1) is 0 Å². The van der Waals surface area contributed by atoms with Crippen LogP contribution in [0.4, 0.5) is 0 Å². The molecule has 0 N–H and O–H groups in total. The molecule has 4 heteroatoms. The number of nitrogens with zero attached hydrogens (tertiary/aromatic N) is 2. The average molecular weight is 376 g/mol. The van der Waals surface area contributed by atoms with Crippen LogP contribution in [0.2, 0.25) is 19.6 Å². The van der Waals surface area contributed by atoms with Gasteiger partial charge in [0, 0.05) is 29.6 Å². The van der Waals surface area contributed by atoms with Gasteiger partial charge in [-0.2, -0.15) is 0 Å². The molecule has 0 saturated carbocycles. The molecule has 0 aliphatic heterocycles. The van der Waals surface area contributed by atoms with Crippen LogP contribution in [0.1, 0.15) is 32.4 Å². The predicted molar refractivity (Wildman–Crippen MR) is 117 cm³/mol. The molecule has 3 aromatic heterocycles. The van der Waals surface area contributed by atoms with Crippen LogP contribution in [0.5, 0.6) is 0 Å². The number of hydrogen-bond acceptors (Lipinski definition) is 3. The molecule has 3 nitrogen and oxygen atoms in total. The van der Waals surface area contributed by atoms with Crippen molar-refractivity contribution in [3.8, 4) is 11.3 Å². The molecule has 0 amide bonds. The maximum atomic E-state index is 8.66. The van der Waals surface area contributed by atoms with Gasteiger partial charge in [0.15, 0.2) is 0 Å². The lowest BCUT2D eigenvalue weighted by Crippen LogP contribution is -2.40. The minimum absolute atomic E-state index is 0.665. The van der Waals surface area contributed by atoms with Gasteiger partial charge in [0.25, 0.3) is 0 Å². The number of aryl methyl sites for hydroxylation is 1. The van der Waals surface area contributed by atoms with Crippen LogP contribution in [-0.2, 0) is 0 Å². The molecule has 0 aliphatic rings. The normalized spacial score (nSPS) is 13.3. The van der Waals surface area contributed by atoms with Crippen LogP contribution < -0.4 is 5.19 Å². The first kappa shape index (κ1) is 16.7. The van der Waals surface area contributed by atoms with Gasteiger partial charge in [-0.05, 0) is 60.0 Å². The Hall–Kier alpha value is -2.46. The molecule has 3 heterocycles. The van der Waals surface area contributed by atoms with Crippen molar-refractivity contribution < 1.29 is 5.79 Å². The first-order valence-corrected chi connectivity index (χ1v) is 12.9. The number of hydrogen-bond donors (Lipinski definition) is 0. The van der Waals surface area contributed by atoms with Gasteiger partial charge in [0.2, 0.25) is 5.71 Å². The van der Waals surface area contributed by atoms with Gasteiger partial charge in [-0.3, -0.25) is 4.98 Å². The second kappa shape index (κ2) is 6.31. The Morgan fingerprint density at radius 3 is 2.52 bits per heavy atom. The Labute approximate surface area is 162 Å². The molecule has 0 atom stereocenters. The van der Waals surface area contributed by atoms with E-state index in [0.717, 1.165) is 38.9 Å². The van der Waals surface area contributed by atoms with Gasteiger partial charge < -0.3 is 4.42 Å². The minimum atomic E-state index is -1.59. The molecule has 27 heavy (non-hydrogen) atoms. The van der Waals surface area contributed by atoms with E-state index in [1.807, 2.05) is 45.2 Å². The number of furan rings is 1. The smallest absolute Gasteiger partial charge is 0.227 e. The highest BCUT2D eigenvalue weighted by Crippen LogP contribution is 2.32. The summed E-state index contributed by atoms with van der Waals surface area (Å²) in [6.07, 6.45) is 2.00. The van der Waals surface area contributed by atoms with Crippen molar-refractivity contribution in [2.75, 3.05) is 0 Å². The van der Waals surface area contributed by atoms with E-state index in [1.54, 1.807) is 0 Å². The molecule has 1 aromatic carbocycles. The van der Waals surface area contributed by atoms with Crippen molar-refractivity contribution in [3.63, 3.8) is 0 Å². The zero-order chi connectivity index (χ0) is 20.3. The molecule has 0 bridgehead atoms. The monoisotopic (exact) mass is 375 g/mol. The Balaban J connectivity index is 1.91. The lowest BCUT2D eigenvalue weighted by molar-refractivity contribution is 0.652. The van der Waals surface area contributed by atoms with Crippen LogP contribution in [0, 0.1) is 6.92 Å². The number of benzene rings is 1. The van der Waals surface area contributed by atoms with E-state index in [4.69, 9.17) is 10.8 Å². The van der Waals surface area contributed by atoms with Gasteiger partial charge >= 0.3 is 0 Å². The van der Waals surface area contributed by atoms with Crippen molar-refractivity contribution in [3.05, 3.63) is 53.9 Å². The van der Waals surface area contributed by atoms with Crippen LogP contribution in [0.15, 0.2) is 47.0 Å². The number of aromatic nitrogens is 2. The van der Waals surface area contributed by atoms with E-state index in [2.05, 4.69) is 42.8 Å². The third-order valence-corrected chi connectivity index (χ3v) is 7.04. The summed E-state index contributed by atoms with van der Waals surface area (Å²) in [5, 5.41) is 3.32. The Morgan fingerprint density at radius 1 is 1.04 bits per heavy atom. The second-order valence-corrected chi connectivity index (χ2v) is 13.5. The fourth-order valence-electron chi connectivity index (χ4n) is 3.53.